The van der Waals surface area contributed by atoms with Crippen LogP contribution in [-0.2, 0) is 0 Å². The lowest BCUT2D eigenvalue weighted by Crippen LogP contribution is -2.03. The van der Waals surface area contributed by atoms with Crippen molar-refractivity contribution in [3.63, 3.8) is 0 Å². The van der Waals surface area contributed by atoms with Gasteiger partial charge < -0.3 is 9.84 Å². The van der Waals surface area contributed by atoms with Crippen molar-refractivity contribution >= 4 is 21.9 Å². The van der Waals surface area contributed by atoms with Crippen LogP contribution in [0.1, 0.15) is 15.9 Å². The second-order valence-corrected chi connectivity index (χ2v) is 3.36. The van der Waals surface area contributed by atoms with Crippen molar-refractivity contribution in [2.24, 2.45) is 0 Å². The molecule has 1 rings (SSSR count). The van der Waals surface area contributed by atoms with E-state index < -0.39 is 5.97 Å². The standard InChI is InChI=1S/C9H6BrNO3/c1-14-7-3-6(10)2-5(4-11)8(7)9(12)13/h2-3H,1H3,(H,12,13). The van der Waals surface area contributed by atoms with Crippen molar-refractivity contribution in [3.05, 3.63) is 27.7 Å². The minimum absolute atomic E-state index is 0.0729. The summed E-state index contributed by atoms with van der Waals surface area (Å²) < 4.78 is 5.48. The Balaban J connectivity index is 3.50. The number of carbonyl (C=O) groups is 1. The number of hydrogen-bond donors (Lipinski definition) is 1. The molecule has 1 N–H and O–H groups in total. The normalized spacial score (nSPS) is 9.21. The van der Waals surface area contributed by atoms with E-state index in [4.69, 9.17) is 15.1 Å². The Labute approximate surface area is 88.9 Å². The van der Waals surface area contributed by atoms with Crippen molar-refractivity contribution in [3.8, 4) is 11.8 Å². The summed E-state index contributed by atoms with van der Waals surface area (Å²) in [6, 6.07) is 4.74. The molecule has 0 atom stereocenters. The topological polar surface area (TPSA) is 70.3 Å². The van der Waals surface area contributed by atoms with Gasteiger partial charge in [-0.15, -0.1) is 0 Å². The lowest BCUT2D eigenvalue weighted by atomic mass is 10.1. The number of methoxy groups -OCH3 is 1. The molecule has 5 heteroatoms. The van der Waals surface area contributed by atoms with Crippen molar-refractivity contribution in [1.82, 2.24) is 0 Å². The molecule has 1 aromatic carbocycles. The number of hydrogen-bond acceptors (Lipinski definition) is 3. The second kappa shape index (κ2) is 4.11. The Hall–Kier alpha value is -1.54. The van der Waals surface area contributed by atoms with Crippen molar-refractivity contribution < 1.29 is 14.6 Å². The molecule has 0 aromatic heterocycles. The minimum atomic E-state index is -1.18. The quantitative estimate of drug-likeness (QED) is 0.878. The number of rotatable bonds is 2. The van der Waals surface area contributed by atoms with Gasteiger partial charge in [0.05, 0.1) is 12.7 Å². The van der Waals surface area contributed by atoms with E-state index in [9.17, 15) is 4.79 Å². The van der Waals surface area contributed by atoms with Crippen LogP contribution in [-0.4, -0.2) is 18.2 Å². The van der Waals surface area contributed by atoms with E-state index in [1.807, 2.05) is 0 Å². The van der Waals surface area contributed by atoms with Crippen LogP contribution < -0.4 is 4.74 Å². The Bertz CT molecular complexity index is 423. The molecule has 0 aliphatic rings. The zero-order valence-electron chi connectivity index (χ0n) is 7.24. The maximum absolute atomic E-state index is 10.8. The van der Waals surface area contributed by atoms with Gasteiger partial charge in [0.25, 0.3) is 0 Å². The summed E-state index contributed by atoms with van der Waals surface area (Å²) in [6.07, 6.45) is 0. The van der Waals surface area contributed by atoms with Gasteiger partial charge in [-0.2, -0.15) is 5.26 Å². The van der Waals surface area contributed by atoms with Crippen molar-refractivity contribution in [2.45, 2.75) is 0 Å². The minimum Gasteiger partial charge on any atom is -0.496 e. The fourth-order valence-corrected chi connectivity index (χ4v) is 1.49. The molecule has 72 valence electrons. The van der Waals surface area contributed by atoms with Gasteiger partial charge >= 0.3 is 5.97 Å². The Kier molecular flexibility index (Phi) is 3.10. The predicted molar refractivity (Wildman–Crippen MR) is 52.4 cm³/mol. The summed E-state index contributed by atoms with van der Waals surface area (Å²) in [6.45, 7) is 0. The summed E-state index contributed by atoms with van der Waals surface area (Å²) >= 11 is 3.15. The average molecular weight is 256 g/mol. The Morgan fingerprint density at radius 1 is 1.64 bits per heavy atom. The smallest absolute Gasteiger partial charge is 0.340 e. The monoisotopic (exact) mass is 255 g/mol. The molecule has 1 aromatic rings. The third-order valence-electron chi connectivity index (χ3n) is 1.62. The van der Waals surface area contributed by atoms with E-state index in [2.05, 4.69) is 15.9 Å². The fourth-order valence-electron chi connectivity index (χ4n) is 1.05. The van der Waals surface area contributed by atoms with Gasteiger partial charge in [0.2, 0.25) is 0 Å². The second-order valence-electron chi connectivity index (χ2n) is 2.45. The van der Waals surface area contributed by atoms with E-state index in [1.165, 1.54) is 19.2 Å². The van der Waals surface area contributed by atoms with Crippen LogP contribution in [0.25, 0.3) is 0 Å². The highest BCUT2D eigenvalue weighted by atomic mass is 79.9. The molecule has 0 spiro atoms. The molecule has 0 heterocycles. The molecule has 0 amide bonds. The number of carboxylic acids is 1. The molecular weight excluding hydrogens is 250 g/mol. The van der Waals surface area contributed by atoms with Gasteiger partial charge in [-0.05, 0) is 12.1 Å². The molecule has 0 fully saturated rings. The van der Waals surface area contributed by atoms with Crippen LogP contribution in [0.15, 0.2) is 16.6 Å². The Morgan fingerprint density at radius 3 is 2.71 bits per heavy atom. The van der Waals surface area contributed by atoms with Crippen LogP contribution in [0.4, 0.5) is 0 Å². The summed E-state index contributed by atoms with van der Waals surface area (Å²) in [7, 11) is 1.36. The van der Waals surface area contributed by atoms with E-state index in [0.29, 0.717) is 4.47 Å². The fraction of sp³-hybridized carbons (Fsp3) is 0.111. The average Bonchev–Trinajstić information content (AvgIpc) is 2.15. The number of halogens is 1. The number of nitriles is 1. The highest BCUT2D eigenvalue weighted by molar-refractivity contribution is 9.10. The first-order valence-corrected chi connectivity index (χ1v) is 4.40. The van der Waals surface area contributed by atoms with E-state index >= 15 is 0 Å². The molecule has 0 aliphatic carbocycles. The van der Waals surface area contributed by atoms with E-state index in [1.54, 1.807) is 6.07 Å². The van der Waals surface area contributed by atoms with Crippen LogP contribution in [0, 0.1) is 11.3 Å². The van der Waals surface area contributed by atoms with Crippen LogP contribution in [0.5, 0.6) is 5.75 Å². The largest absolute Gasteiger partial charge is 0.496 e. The molecule has 0 unspecified atom stereocenters. The molecule has 0 radical (unpaired) electrons. The zero-order valence-corrected chi connectivity index (χ0v) is 8.83. The first-order chi connectivity index (χ1) is 6.60. The van der Waals surface area contributed by atoms with Crippen LogP contribution >= 0.6 is 15.9 Å². The summed E-state index contributed by atoms with van der Waals surface area (Å²) in [5, 5.41) is 17.6. The maximum atomic E-state index is 10.8. The number of benzene rings is 1. The highest BCUT2D eigenvalue weighted by Gasteiger charge is 2.17. The number of aromatic carboxylic acids is 1. The van der Waals surface area contributed by atoms with Gasteiger partial charge in [-0.25, -0.2) is 4.79 Å². The number of ether oxygens (including phenoxy) is 1. The molecular formula is C9H6BrNO3. The number of nitrogens with zero attached hydrogens (tertiary/aromatic N) is 1. The molecule has 0 saturated heterocycles. The lowest BCUT2D eigenvalue weighted by Gasteiger charge is -2.06. The van der Waals surface area contributed by atoms with Gasteiger partial charge in [-0.1, -0.05) is 15.9 Å². The zero-order chi connectivity index (χ0) is 10.7. The lowest BCUT2D eigenvalue weighted by molar-refractivity contribution is 0.0693. The van der Waals surface area contributed by atoms with E-state index in [0.717, 1.165) is 0 Å². The van der Waals surface area contributed by atoms with Crippen LogP contribution in [0.3, 0.4) is 0 Å². The SMILES string of the molecule is COc1cc(Br)cc(C#N)c1C(=O)O. The molecule has 4 nitrogen and oxygen atoms in total. The van der Waals surface area contributed by atoms with Crippen LogP contribution in [0.2, 0.25) is 0 Å². The van der Waals surface area contributed by atoms with E-state index in [-0.39, 0.29) is 16.9 Å². The summed E-state index contributed by atoms with van der Waals surface area (Å²) in [4.78, 5) is 10.8. The highest BCUT2D eigenvalue weighted by Crippen LogP contribution is 2.27. The Morgan fingerprint density at radius 2 is 2.29 bits per heavy atom. The summed E-state index contributed by atoms with van der Waals surface area (Å²) in [5.74, 6) is -1.01. The van der Waals surface area contributed by atoms with Gasteiger partial charge in [0, 0.05) is 4.47 Å². The first kappa shape index (κ1) is 10.5. The third kappa shape index (κ3) is 1.86. The molecule has 14 heavy (non-hydrogen) atoms. The predicted octanol–water partition coefficient (Wildman–Crippen LogP) is 2.03. The van der Waals surface area contributed by atoms with Crippen molar-refractivity contribution in [1.29, 1.82) is 5.26 Å². The number of carboxylic acid groups (broad SMARTS) is 1. The third-order valence-corrected chi connectivity index (χ3v) is 2.08. The first-order valence-electron chi connectivity index (χ1n) is 3.61. The molecule has 0 saturated carbocycles. The molecule has 0 aliphatic heterocycles. The van der Waals surface area contributed by atoms with Gasteiger partial charge in [0.15, 0.2) is 0 Å². The molecule has 0 bridgehead atoms. The van der Waals surface area contributed by atoms with Gasteiger partial charge in [0.1, 0.15) is 17.4 Å². The summed E-state index contributed by atoms with van der Waals surface area (Å²) in [5.41, 5.74) is -0.0399. The van der Waals surface area contributed by atoms with Crippen molar-refractivity contribution in [2.75, 3.05) is 7.11 Å². The maximum Gasteiger partial charge on any atom is 0.340 e. The van der Waals surface area contributed by atoms with Gasteiger partial charge in [-0.3, -0.25) is 0 Å².